The van der Waals surface area contributed by atoms with Gasteiger partial charge in [0.15, 0.2) is 0 Å². The van der Waals surface area contributed by atoms with E-state index in [4.69, 9.17) is 28.2 Å². The quantitative estimate of drug-likeness (QED) is 0.136. The number of fused-ring (bicyclic) bond motifs is 1. The molecular formula is C41H41Cl2NO3S. The Balaban J connectivity index is 0.000000572. The lowest BCUT2D eigenvalue weighted by Crippen LogP contribution is -2.18. The van der Waals surface area contributed by atoms with Crippen LogP contribution in [0.3, 0.4) is 0 Å². The molecule has 1 fully saturated rings. The Morgan fingerprint density at radius 2 is 1.62 bits per heavy atom. The number of aryl methyl sites for hydroxylation is 1. The van der Waals surface area contributed by atoms with Crippen LogP contribution in [0.15, 0.2) is 109 Å². The van der Waals surface area contributed by atoms with Gasteiger partial charge in [-0.1, -0.05) is 108 Å². The van der Waals surface area contributed by atoms with Gasteiger partial charge < -0.3 is 10.2 Å². The second-order valence-corrected chi connectivity index (χ2v) is 15.1. The molecule has 1 atom stereocenters. The van der Waals surface area contributed by atoms with Gasteiger partial charge in [-0.25, -0.2) is 4.98 Å². The number of carbonyl (C=O) groups is 1. The molecule has 1 saturated carbocycles. The number of halogens is 2. The minimum absolute atomic E-state index is 0.0814. The Morgan fingerprint density at radius 1 is 0.896 bits per heavy atom. The Labute approximate surface area is 297 Å². The minimum Gasteiger partial charge on any atom is -0.481 e. The molecule has 6 rings (SSSR count). The van der Waals surface area contributed by atoms with Crippen LogP contribution >= 0.6 is 35.0 Å². The first kappa shape index (κ1) is 35.7. The molecule has 248 valence electrons. The van der Waals surface area contributed by atoms with E-state index < -0.39 is 11.6 Å². The number of aliphatic carboxylic acids is 1. The van der Waals surface area contributed by atoms with Gasteiger partial charge in [-0.05, 0) is 104 Å². The summed E-state index contributed by atoms with van der Waals surface area (Å²) in [6, 6.07) is 35.9. The van der Waals surface area contributed by atoms with E-state index in [9.17, 15) is 15.0 Å². The number of thioether (sulfide) groups is 1. The van der Waals surface area contributed by atoms with Crippen LogP contribution < -0.4 is 0 Å². The Hall–Kier alpha value is -3.61. The summed E-state index contributed by atoms with van der Waals surface area (Å²) in [7, 11) is 0. The highest BCUT2D eigenvalue weighted by molar-refractivity contribution is 7.99. The Bertz CT molecular complexity index is 1870. The molecule has 2 N–H and O–H groups in total. The molecule has 1 aliphatic carbocycles. The standard InChI is InChI=1S/C35H36ClNO3S.C6H5Cl/c1-34(2,40)30-9-4-3-7-25(30)13-17-32(41-23-35(18-19-35)22-33(38)39)27-8-5-6-24(20-27)10-15-29-16-12-26-11-14-28(36)21-31(26)37-29;7-6-4-2-1-3-5-6/h3-12,14-16,20-21,32,40H,13,17-19,22-23H2,1-2H3,(H,38,39);1-5H/b15-10+;. The summed E-state index contributed by atoms with van der Waals surface area (Å²) in [6.45, 7) is 3.66. The van der Waals surface area contributed by atoms with Crippen molar-refractivity contribution in [3.8, 4) is 0 Å². The van der Waals surface area contributed by atoms with Crippen molar-refractivity contribution in [2.45, 2.75) is 56.8 Å². The number of aromatic nitrogens is 1. The lowest BCUT2D eigenvalue weighted by Gasteiger charge is -2.24. The molecule has 0 amide bonds. The zero-order chi connectivity index (χ0) is 34.1. The predicted molar refractivity (Wildman–Crippen MR) is 203 cm³/mol. The largest absolute Gasteiger partial charge is 0.481 e. The highest BCUT2D eigenvalue weighted by Gasteiger charge is 2.44. The summed E-state index contributed by atoms with van der Waals surface area (Å²) in [4.78, 5) is 16.2. The number of rotatable bonds is 12. The van der Waals surface area contributed by atoms with Gasteiger partial charge in [0.25, 0.3) is 0 Å². The molecule has 48 heavy (non-hydrogen) atoms. The molecule has 0 radical (unpaired) electrons. The van der Waals surface area contributed by atoms with Crippen LogP contribution in [0.4, 0.5) is 0 Å². The van der Waals surface area contributed by atoms with Crippen LogP contribution in [-0.2, 0) is 16.8 Å². The zero-order valence-electron chi connectivity index (χ0n) is 27.3. The number of aliphatic hydroxyl groups is 1. The van der Waals surface area contributed by atoms with Crippen molar-refractivity contribution < 1.29 is 15.0 Å². The molecule has 1 heterocycles. The molecule has 0 spiro atoms. The lowest BCUT2D eigenvalue weighted by atomic mass is 9.90. The highest BCUT2D eigenvalue weighted by Crippen LogP contribution is 2.53. The van der Waals surface area contributed by atoms with E-state index in [1.165, 1.54) is 5.56 Å². The fraction of sp³-hybridized carbons (Fsp3) is 0.268. The summed E-state index contributed by atoms with van der Waals surface area (Å²) >= 11 is 13.6. The zero-order valence-corrected chi connectivity index (χ0v) is 29.6. The number of hydrogen-bond acceptors (Lipinski definition) is 4. The molecule has 5 aromatic rings. The SMILES string of the molecule is CC(C)(O)c1ccccc1CCC(SCC1(CC(=O)O)CC1)c1cccc(/C=C/c2ccc3ccc(Cl)cc3n2)c1.Clc1ccccc1. The molecule has 4 nitrogen and oxygen atoms in total. The predicted octanol–water partition coefficient (Wildman–Crippen LogP) is 11.3. The van der Waals surface area contributed by atoms with Crippen LogP contribution in [0.5, 0.6) is 0 Å². The van der Waals surface area contributed by atoms with Crippen LogP contribution in [0.1, 0.15) is 72.7 Å². The van der Waals surface area contributed by atoms with E-state index >= 15 is 0 Å². The topological polar surface area (TPSA) is 70.4 Å². The normalized spacial score (nSPS) is 14.4. The van der Waals surface area contributed by atoms with E-state index in [1.807, 2.05) is 104 Å². The second kappa shape index (κ2) is 16.2. The minimum atomic E-state index is -0.911. The van der Waals surface area contributed by atoms with Crippen LogP contribution in [0.2, 0.25) is 10.0 Å². The molecule has 4 aromatic carbocycles. The average molecular weight is 699 g/mol. The summed E-state index contributed by atoms with van der Waals surface area (Å²) in [5.41, 5.74) is 5.15. The number of carboxylic acids is 1. The van der Waals surface area contributed by atoms with Crippen molar-refractivity contribution in [3.63, 3.8) is 0 Å². The molecule has 0 aliphatic heterocycles. The third-order valence-electron chi connectivity index (χ3n) is 8.56. The molecule has 1 aromatic heterocycles. The van der Waals surface area contributed by atoms with Crippen molar-refractivity contribution in [2.24, 2.45) is 5.41 Å². The van der Waals surface area contributed by atoms with Crippen LogP contribution in [-0.4, -0.2) is 26.9 Å². The van der Waals surface area contributed by atoms with Crippen LogP contribution in [0, 0.1) is 5.41 Å². The van der Waals surface area contributed by atoms with Gasteiger partial charge >= 0.3 is 5.97 Å². The van der Waals surface area contributed by atoms with E-state index in [0.29, 0.717) is 5.02 Å². The first-order chi connectivity index (χ1) is 23.0. The second-order valence-electron chi connectivity index (χ2n) is 13.0. The van der Waals surface area contributed by atoms with E-state index in [-0.39, 0.29) is 17.1 Å². The number of nitrogens with zero attached hydrogens (tertiary/aromatic N) is 1. The molecule has 1 unspecified atom stereocenters. The van der Waals surface area contributed by atoms with Gasteiger partial charge in [0.05, 0.1) is 23.2 Å². The summed E-state index contributed by atoms with van der Waals surface area (Å²) in [5, 5.41) is 22.9. The smallest absolute Gasteiger partial charge is 0.303 e. The fourth-order valence-electron chi connectivity index (χ4n) is 5.77. The molecule has 0 saturated heterocycles. The lowest BCUT2D eigenvalue weighted by molar-refractivity contribution is -0.138. The van der Waals surface area contributed by atoms with Crippen molar-refractivity contribution in [3.05, 3.63) is 147 Å². The maximum absolute atomic E-state index is 11.5. The van der Waals surface area contributed by atoms with Gasteiger partial charge in [-0.15, -0.1) is 0 Å². The number of hydrogen-bond donors (Lipinski definition) is 2. The van der Waals surface area contributed by atoms with Crippen molar-refractivity contribution in [1.82, 2.24) is 4.98 Å². The maximum atomic E-state index is 11.5. The van der Waals surface area contributed by atoms with Crippen molar-refractivity contribution >= 4 is 64.0 Å². The van der Waals surface area contributed by atoms with Gasteiger partial charge in [-0.3, -0.25) is 4.79 Å². The summed E-state index contributed by atoms with van der Waals surface area (Å²) < 4.78 is 0. The summed E-state index contributed by atoms with van der Waals surface area (Å²) in [5.74, 6) is 0.122. The van der Waals surface area contributed by atoms with Crippen LogP contribution in [0.25, 0.3) is 23.1 Å². The first-order valence-corrected chi connectivity index (χ1v) is 18.0. The monoisotopic (exact) mass is 697 g/mol. The Kier molecular flexibility index (Phi) is 12.0. The van der Waals surface area contributed by atoms with E-state index in [2.05, 4.69) is 42.5 Å². The number of pyridine rings is 1. The third-order valence-corrected chi connectivity index (χ3v) is 10.7. The van der Waals surface area contributed by atoms with E-state index in [1.54, 1.807) is 0 Å². The van der Waals surface area contributed by atoms with Crippen molar-refractivity contribution in [1.29, 1.82) is 0 Å². The van der Waals surface area contributed by atoms with E-state index in [0.717, 1.165) is 69.7 Å². The van der Waals surface area contributed by atoms with Gasteiger partial charge in [-0.2, -0.15) is 11.8 Å². The fourth-order valence-corrected chi connectivity index (χ4v) is 7.65. The van der Waals surface area contributed by atoms with Gasteiger partial charge in [0.2, 0.25) is 0 Å². The van der Waals surface area contributed by atoms with Gasteiger partial charge in [0.1, 0.15) is 0 Å². The average Bonchev–Trinajstić information content (AvgIpc) is 3.82. The molecule has 7 heteroatoms. The summed E-state index contributed by atoms with van der Waals surface area (Å²) in [6.07, 6.45) is 8.02. The first-order valence-electron chi connectivity index (χ1n) is 16.2. The van der Waals surface area contributed by atoms with Gasteiger partial charge in [0, 0.05) is 26.4 Å². The third kappa shape index (κ3) is 10.4. The molecule has 0 bridgehead atoms. The molecular weight excluding hydrogens is 657 g/mol. The highest BCUT2D eigenvalue weighted by atomic mass is 35.5. The van der Waals surface area contributed by atoms with Crippen molar-refractivity contribution in [2.75, 3.05) is 5.75 Å². The maximum Gasteiger partial charge on any atom is 0.303 e. The Morgan fingerprint density at radius 3 is 2.31 bits per heavy atom. The number of carboxylic acid groups (broad SMARTS) is 1. The number of benzene rings is 4. The molecule has 1 aliphatic rings.